The van der Waals surface area contributed by atoms with E-state index in [1.807, 2.05) is 43.9 Å². The van der Waals surface area contributed by atoms with Gasteiger partial charge in [0.05, 0.1) is 46.0 Å². The zero-order chi connectivity index (χ0) is 20.3. The Hall–Kier alpha value is -2.54. The van der Waals surface area contributed by atoms with Crippen molar-refractivity contribution in [2.24, 2.45) is 0 Å². The number of fused-ring (bicyclic) bond motifs is 1. The van der Waals surface area contributed by atoms with Crippen molar-refractivity contribution in [3.05, 3.63) is 30.0 Å². The van der Waals surface area contributed by atoms with Crippen molar-refractivity contribution in [2.75, 3.05) is 39.8 Å². The first-order chi connectivity index (χ1) is 13.2. The first kappa shape index (κ1) is 20.2. The maximum atomic E-state index is 12.7. The van der Waals surface area contributed by atoms with Crippen molar-refractivity contribution in [1.29, 1.82) is 0 Å². The maximum absolute atomic E-state index is 12.7. The molecule has 7 nitrogen and oxygen atoms in total. The van der Waals surface area contributed by atoms with Gasteiger partial charge in [-0.25, -0.2) is 0 Å². The zero-order valence-corrected chi connectivity index (χ0v) is 17.1. The Morgan fingerprint density at radius 1 is 1.25 bits per heavy atom. The molecule has 7 heteroatoms. The smallest absolute Gasteiger partial charge is 0.275 e. The van der Waals surface area contributed by atoms with Gasteiger partial charge in [0.2, 0.25) is 5.91 Å². The van der Waals surface area contributed by atoms with Crippen molar-refractivity contribution >= 4 is 22.8 Å². The molecule has 0 unspecified atom stereocenters. The maximum Gasteiger partial charge on any atom is 0.275 e. The predicted octanol–water partition coefficient (Wildman–Crippen LogP) is 0.626. The fourth-order valence-electron chi connectivity index (χ4n) is 3.54. The van der Waals surface area contributed by atoms with E-state index in [0.29, 0.717) is 26.1 Å². The number of rotatable bonds is 5. The van der Waals surface area contributed by atoms with Crippen LogP contribution >= 0.6 is 0 Å². The highest BCUT2D eigenvalue weighted by molar-refractivity contribution is 5.88. The lowest BCUT2D eigenvalue weighted by Gasteiger charge is -2.32. The number of hydrogen-bond acceptors (Lipinski definition) is 4. The van der Waals surface area contributed by atoms with E-state index in [4.69, 9.17) is 9.15 Å². The van der Waals surface area contributed by atoms with Crippen LogP contribution in [-0.2, 0) is 16.0 Å². The van der Waals surface area contributed by atoms with E-state index in [9.17, 15) is 9.59 Å². The molecule has 2 N–H and O–H groups in total. The predicted molar refractivity (Wildman–Crippen MR) is 107 cm³/mol. The molecule has 0 bridgehead atoms. The lowest BCUT2D eigenvalue weighted by molar-refractivity contribution is -0.896. The largest absolute Gasteiger partial charge is 0.497 e. The molecule has 2 amide bonds. The molecule has 28 heavy (non-hydrogen) atoms. The number of nitrogens with zero attached hydrogens (tertiary/aromatic N) is 1. The van der Waals surface area contributed by atoms with Gasteiger partial charge in [-0.05, 0) is 32.9 Å². The molecule has 0 aliphatic carbocycles. The minimum Gasteiger partial charge on any atom is -0.497 e. The van der Waals surface area contributed by atoms with Gasteiger partial charge in [-0.3, -0.25) is 9.59 Å². The van der Waals surface area contributed by atoms with Crippen LogP contribution in [-0.4, -0.2) is 62.1 Å². The molecule has 1 aliphatic rings. The van der Waals surface area contributed by atoms with Gasteiger partial charge in [-0.2, -0.15) is 0 Å². The topological polar surface area (TPSA) is 76.2 Å². The molecule has 2 aromatic rings. The van der Waals surface area contributed by atoms with Gasteiger partial charge < -0.3 is 24.3 Å². The first-order valence-electron chi connectivity index (χ1n) is 9.71. The molecule has 0 atom stereocenters. The summed E-state index contributed by atoms with van der Waals surface area (Å²) in [5, 5.41) is 3.94. The molecule has 1 aromatic carbocycles. The van der Waals surface area contributed by atoms with Crippen LogP contribution in [0.15, 0.2) is 28.9 Å². The zero-order valence-electron chi connectivity index (χ0n) is 17.1. The summed E-state index contributed by atoms with van der Waals surface area (Å²) in [5.74, 6) is 0.883. The summed E-state index contributed by atoms with van der Waals surface area (Å²) < 4.78 is 10.8. The van der Waals surface area contributed by atoms with E-state index in [1.54, 1.807) is 13.4 Å². The van der Waals surface area contributed by atoms with E-state index >= 15 is 0 Å². The minimum atomic E-state index is -0.217. The third-order valence-corrected chi connectivity index (χ3v) is 4.95. The molecule has 3 rings (SSSR count). The molecule has 1 aliphatic heterocycles. The summed E-state index contributed by atoms with van der Waals surface area (Å²) >= 11 is 0. The Morgan fingerprint density at radius 2 is 1.96 bits per heavy atom. The van der Waals surface area contributed by atoms with Gasteiger partial charge in [-0.1, -0.05) is 0 Å². The number of amides is 2. The van der Waals surface area contributed by atoms with Crippen molar-refractivity contribution in [3.63, 3.8) is 0 Å². The fourth-order valence-corrected chi connectivity index (χ4v) is 3.54. The highest BCUT2D eigenvalue weighted by Crippen LogP contribution is 2.26. The van der Waals surface area contributed by atoms with E-state index in [-0.39, 0.29) is 17.4 Å². The van der Waals surface area contributed by atoms with E-state index in [1.165, 1.54) is 4.90 Å². The monoisotopic (exact) mass is 388 g/mol. The van der Waals surface area contributed by atoms with Crippen molar-refractivity contribution < 1.29 is 23.6 Å². The van der Waals surface area contributed by atoms with Gasteiger partial charge >= 0.3 is 0 Å². The highest BCUT2D eigenvalue weighted by Gasteiger charge is 2.26. The number of ether oxygens (including phenoxy) is 1. The summed E-state index contributed by atoms with van der Waals surface area (Å²) in [6.45, 7) is 9.29. The van der Waals surface area contributed by atoms with Crippen LogP contribution in [0.25, 0.3) is 11.0 Å². The molecular weight excluding hydrogens is 358 g/mol. The van der Waals surface area contributed by atoms with Crippen LogP contribution in [0.1, 0.15) is 26.3 Å². The summed E-state index contributed by atoms with van der Waals surface area (Å²) in [5.41, 5.74) is 1.40. The number of piperazine rings is 1. The number of quaternary nitrogens is 1. The van der Waals surface area contributed by atoms with Gasteiger partial charge in [-0.15, -0.1) is 0 Å². The van der Waals surface area contributed by atoms with Crippen LogP contribution in [0.2, 0.25) is 0 Å². The van der Waals surface area contributed by atoms with Crippen LogP contribution < -0.4 is 15.0 Å². The molecular formula is C21H30N3O4+. The Morgan fingerprint density at radius 3 is 2.61 bits per heavy atom. The molecule has 152 valence electrons. The van der Waals surface area contributed by atoms with Crippen molar-refractivity contribution in [1.82, 2.24) is 10.2 Å². The van der Waals surface area contributed by atoms with Gasteiger partial charge in [0.15, 0.2) is 6.54 Å². The quantitative estimate of drug-likeness (QED) is 0.788. The Balaban J connectivity index is 1.52. The van der Waals surface area contributed by atoms with Crippen LogP contribution in [0.3, 0.4) is 0 Å². The van der Waals surface area contributed by atoms with Crippen LogP contribution in [0.4, 0.5) is 0 Å². The average Bonchev–Trinajstić information content (AvgIpc) is 3.02. The second kappa shape index (κ2) is 8.22. The second-order valence-corrected chi connectivity index (χ2v) is 8.41. The van der Waals surface area contributed by atoms with Crippen molar-refractivity contribution in [3.8, 4) is 5.75 Å². The standard InChI is InChI=1S/C21H29N3O4/c1-21(2,3)22-19(25)13-23-7-9-24(10-8-23)20(26)11-15-14-28-18-12-16(27-4)5-6-17(15)18/h5-6,12,14H,7-11,13H2,1-4H3,(H,22,25)/p+1. The summed E-state index contributed by atoms with van der Waals surface area (Å²) in [6.07, 6.45) is 1.97. The highest BCUT2D eigenvalue weighted by atomic mass is 16.5. The number of nitrogens with one attached hydrogen (secondary N) is 2. The first-order valence-corrected chi connectivity index (χ1v) is 9.71. The molecule has 0 spiro atoms. The molecule has 0 radical (unpaired) electrons. The third-order valence-electron chi connectivity index (χ3n) is 4.95. The number of furan rings is 1. The Labute approximate surface area is 165 Å². The second-order valence-electron chi connectivity index (χ2n) is 8.41. The van der Waals surface area contributed by atoms with E-state index in [0.717, 1.165) is 35.4 Å². The van der Waals surface area contributed by atoms with Crippen LogP contribution in [0, 0.1) is 0 Å². The average molecular weight is 388 g/mol. The Bertz CT molecular complexity index is 845. The molecule has 1 fully saturated rings. The lowest BCUT2D eigenvalue weighted by Crippen LogP contribution is -3.16. The van der Waals surface area contributed by atoms with Crippen molar-refractivity contribution in [2.45, 2.75) is 32.7 Å². The SMILES string of the molecule is COc1ccc2c(CC(=O)N3CC[NH+](CC(=O)NC(C)(C)C)CC3)coc2c1. The lowest BCUT2D eigenvalue weighted by atomic mass is 10.1. The number of carbonyl (C=O) groups is 2. The normalized spacial score (nSPS) is 15.6. The van der Waals surface area contributed by atoms with E-state index in [2.05, 4.69) is 5.32 Å². The summed E-state index contributed by atoms with van der Waals surface area (Å²) in [4.78, 5) is 27.9. The molecule has 0 saturated carbocycles. The van der Waals surface area contributed by atoms with Gasteiger partial charge in [0, 0.05) is 22.6 Å². The number of methoxy groups -OCH3 is 1. The van der Waals surface area contributed by atoms with Crippen LogP contribution in [0.5, 0.6) is 5.75 Å². The van der Waals surface area contributed by atoms with E-state index < -0.39 is 0 Å². The third kappa shape index (κ3) is 5.04. The Kier molecular flexibility index (Phi) is 5.93. The number of hydrogen-bond donors (Lipinski definition) is 2. The summed E-state index contributed by atoms with van der Waals surface area (Å²) in [6, 6.07) is 5.63. The molecule has 1 saturated heterocycles. The number of benzene rings is 1. The minimum absolute atomic E-state index is 0.0579. The van der Waals surface area contributed by atoms with Gasteiger partial charge in [0.25, 0.3) is 5.91 Å². The molecule has 2 heterocycles. The fraction of sp³-hybridized carbons (Fsp3) is 0.524. The van der Waals surface area contributed by atoms with Gasteiger partial charge in [0.1, 0.15) is 11.3 Å². The summed E-state index contributed by atoms with van der Waals surface area (Å²) in [7, 11) is 1.61. The molecule has 1 aromatic heterocycles. The number of carbonyl (C=O) groups excluding carboxylic acids is 2.